The highest BCUT2D eigenvalue weighted by molar-refractivity contribution is 6.32. The van der Waals surface area contributed by atoms with Gasteiger partial charge in [-0.3, -0.25) is 4.79 Å². The van der Waals surface area contributed by atoms with Gasteiger partial charge in [-0.15, -0.1) is 0 Å². The molecule has 0 fully saturated rings. The minimum absolute atomic E-state index is 0.108. The van der Waals surface area contributed by atoms with Crippen molar-refractivity contribution in [3.8, 4) is 0 Å². The molecule has 0 spiro atoms. The molecule has 0 bridgehead atoms. The highest BCUT2D eigenvalue weighted by Gasteiger charge is 2.34. The normalized spacial score (nSPS) is 14.8. The zero-order valence-corrected chi connectivity index (χ0v) is 20.7. The van der Waals surface area contributed by atoms with Gasteiger partial charge in [-0.05, 0) is 42.7 Å². The molecule has 0 saturated heterocycles. The minimum atomic E-state index is -0.108. The van der Waals surface area contributed by atoms with Crippen LogP contribution in [0.3, 0.4) is 0 Å². The fourth-order valence-electron chi connectivity index (χ4n) is 4.04. The molecule has 3 rings (SSSR count). The zero-order valence-electron chi connectivity index (χ0n) is 20.0. The van der Waals surface area contributed by atoms with E-state index in [0.29, 0.717) is 10.7 Å². The molecule has 0 atom stereocenters. The maximum absolute atomic E-state index is 13.6. The Balaban J connectivity index is 1.94. The number of halogens is 1. The molecule has 176 valence electrons. The Kier molecular flexibility index (Phi) is 10.0. The van der Waals surface area contributed by atoms with E-state index in [1.165, 1.54) is 38.5 Å². The number of anilines is 1. The summed E-state index contributed by atoms with van der Waals surface area (Å²) in [5.74, 6) is 0.612. The summed E-state index contributed by atoms with van der Waals surface area (Å²) in [7, 11) is 0. The van der Waals surface area contributed by atoms with Crippen LogP contribution in [0.2, 0.25) is 5.02 Å². The van der Waals surface area contributed by atoms with Gasteiger partial charge in [0.2, 0.25) is 5.96 Å². The molecule has 0 N–H and O–H groups in total. The number of hydrogen-bond donors (Lipinski definition) is 0. The van der Waals surface area contributed by atoms with Gasteiger partial charge >= 0.3 is 0 Å². The molecule has 0 saturated carbocycles. The summed E-state index contributed by atoms with van der Waals surface area (Å²) in [6.45, 7) is 6.25. The van der Waals surface area contributed by atoms with Crippen LogP contribution in [0.1, 0.15) is 70.8 Å². The maximum atomic E-state index is 13.6. The minimum Gasteiger partial charge on any atom is -0.342 e. The molecule has 2 aromatic carbocycles. The van der Waals surface area contributed by atoms with E-state index < -0.39 is 0 Å². The van der Waals surface area contributed by atoms with Gasteiger partial charge < -0.3 is 4.90 Å². The topological polar surface area (TPSA) is 35.9 Å². The van der Waals surface area contributed by atoms with Crippen molar-refractivity contribution in [1.29, 1.82) is 0 Å². The van der Waals surface area contributed by atoms with Gasteiger partial charge in [-0.1, -0.05) is 100 Å². The third-order valence-corrected chi connectivity index (χ3v) is 6.09. The molecule has 1 heterocycles. The van der Waals surface area contributed by atoms with E-state index in [-0.39, 0.29) is 5.91 Å². The predicted molar refractivity (Wildman–Crippen MR) is 141 cm³/mol. The largest absolute Gasteiger partial charge is 0.342 e. The first-order valence-electron chi connectivity index (χ1n) is 12.3. The lowest BCUT2D eigenvalue weighted by molar-refractivity contribution is -0.113. The van der Waals surface area contributed by atoms with Crippen LogP contribution in [-0.2, 0) is 4.79 Å². The lowest BCUT2D eigenvalue weighted by Crippen LogP contribution is -2.45. The molecular formula is C28H36ClN3O. The van der Waals surface area contributed by atoms with Crippen molar-refractivity contribution in [3.05, 3.63) is 70.9 Å². The van der Waals surface area contributed by atoms with E-state index in [1.807, 2.05) is 60.7 Å². The molecule has 33 heavy (non-hydrogen) atoms. The van der Waals surface area contributed by atoms with E-state index in [4.69, 9.17) is 16.6 Å². The Bertz CT molecular complexity index is 943. The average Bonchev–Trinajstić information content (AvgIpc) is 3.14. The molecule has 1 aliphatic heterocycles. The second-order valence-electron chi connectivity index (χ2n) is 8.58. The highest BCUT2D eigenvalue weighted by Crippen LogP contribution is 2.29. The van der Waals surface area contributed by atoms with E-state index in [0.717, 1.165) is 43.1 Å². The van der Waals surface area contributed by atoms with Gasteiger partial charge in [0.25, 0.3) is 5.91 Å². The number of benzene rings is 2. The van der Waals surface area contributed by atoms with Crippen molar-refractivity contribution in [2.45, 2.75) is 65.2 Å². The zero-order chi connectivity index (χ0) is 23.5. The van der Waals surface area contributed by atoms with Crippen LogP contribution >= 0.6 is 11.6 Å². The number of amides is 1. The quantitative estimate of drug-likeness (QED) is 0.239. The van der Waals surface area contributed by atoms with Gasteiger partial charge in [-0.2, -0.15) is 0 Å². The van der Waals surface area contributed by atoms with Crippen molar-refractivity contribution in [2.75, 3.05) is 18.0 Å². The van der Waals surface area contributed by atoms with Crippen molar-refractivity contribution in [2.24, 2.45) is 4.99 Å². The Labute approximate surface area is 204 Å². The summed E-state index contributed by atoms with van der Waals surface area (Å²) in [5, 5.41) is 0.609. The third-order valence-electron chi connectivity index (χ3n) is 5.86. The SMILES string of the molecule is CCCCCCN(CCCCCC)C1=NC(=Cc2ccccc2)C(=O)N1c1cccc(Cl)c1. The number of aliphatic imine (C=N–C) groups is 1. The van der Waals surface area contributed by atoms with Gasteiger partial charge in [-0.25, -0.2) is 9.89 Å². The number of carbonyl (C=O) groups excluding carboxylic acids is 1. The van der Waals surface area contributed by atoms with Gasteiger partial charge in [0.1, 0.15) is 5.70 Å². The molecule has 5 heteroatoms. The first kappa shape index (κ1) is 25.0. The van der Waals surface area contributed by atoms with Crippen molar-refractivity contribution in [1.82, 2.24) is 4.90 Å². The second kappa shape index (κ2) is 13.2. The molecule has 0 aliphatic carbocycles. The van der Waals surface area contributed by atoms with E-state index in [1.54, 1.807) is 4.90 Å². The lowest BCUT2D eigenvalue weighted by Gasteiger charge is -2.30. The van der Waals surface area contributed by atoms with Gasteiger partial charge in [0, 0.05) is 18.1 Å². The van der Waals surface area contributed by atoms with Crippen molar-refractivity contribution in [3.63, 3.8) is 0 Å². The summed E-state index contributed by atoms with van der Waals surface area (Å²) >= 11 is 6.30. The van der Waals surface area contributed by atoms with Crippen LogP contribution in [0.5, 0.6) is 0 Å². The predicted octanol–water partition coefficient (Wildman–Crippen LogP) is 7.55. The van der Waals surface area contributed by atoms with Crippen LogP contribution in [0, 0.1) is 0 Å². The van der Waals surface area contributed by atoms with Crippen molar-refractivity contribution < 1.29 is 4.79 Å². The van der Waals surface area contributed by atoms with Crippen LogP contribution in [0.15, 0.2) is 65.3 Å². The Morgan fingerprint density at radius 1 is 0.879 bits per heavy atom. The number of nitrogens with zero attached hydrogens (tertiary/aromatic N) is 3. The second-order valence-corrected chi connectivity index (χ2v) is 9.02. The highest BCUT2D eigenvalue weighted by atomic mass is 35.5. The summed E-state index contributed by atoms with van der Waals surface area (Å²) in [5.41, 5.74) is 2.19. The lowest BCUT2D eigenvalue weighted by atomic mass is 10.1. The Morgan fingerprint density at radius 3 is 2.15 bits per heavy atom. The van der Waals surface area contributed by atoms with Crippen LogP contribution in [0.25, 0.3) is 6.08 Å². The van der Waals surface area contributed by atoms with Crippen molar-refractivity contribution >= 4 is 35.2 Å². The van der Waals surface area contributed by atoms with E-state index >= 15 is 0 Å². The van der Waals surface area contributed by atoms with Gasteiger partial charge in [0.05, 0.1) is 5.69 Å². The van der Waals surface area contributed by atoms with Gasteiger partial charge in [0.15, 0.2) is 0 Å². The number of unbranched alkanes of at least 4 members (excludes halogenated alkanes) is 6. The smallest absolute Gasteiger partial charge is 0.283 e. The number of carbonyl (C=O) groups is 1. The monoisotopic (exact) mass is 465 g/mol. The molecular weight excluding hydrogens is 430 g/mol. The Hall–Kier alpha value is -2.59. The third kappa shape index (κ3) is 7.20. The maximum Gasteiger partial charge on any atom is 0.283 e. The van der Waals surface area contributed by atoms with Crippen LogP contribution in [-0.4, -0.2) is 29.9 Å². The fourth-order valence-corrected chi connectivity index (χ4v) is 4.23. The fraction of sp³-hybridized carbons (Fsp3) is 0.429. The Morgan fingerprint density at radius 2 is 1.55 bits per heavy atom. The van der Waals surface area contributed by atoms with Crippen LogP contribution < -0.4 is 4.90 Å². The number of rotatable bonds is 12. The average molecular weight is 466 g/mol. The molecule has 2 aromatic rings. The first-order chi connectivity index (χ1) is 16.1. The summed E-state index contributed by atoms with van der Waals surface area (Å²) in [4.78, 5) is 22.5. The first-order valence-corrected chi connectivity index (χ1v) is 12.7. The van der Waals surface area contributed by atoms with E-state index in [9.17, 15) is 4.79 Å². The molecule has 0 radical (unpaired) electrons. The molecule has 4 nitrogen and oxygen atoms in total. The molecule has 1 aliphatic rings. The summed E-state index contributed by atoms with van der Waals surface area (Å²) in [6.07, 6.45) is 11.3. The molecule has 0 unspecified atom stereocenters. The molecule has 0 aromatic heterocycles. The standard InChI is InChI=1S/C28H36ClN3O/c1-3-5-7-12-19-31(20-13-8-6-4-2)28-30-26(21-23-15-10-9-11-16-23)27(33)32(28)25-18-14-17-24(29)22-25/h9-11,14-18,21-22H,3-8,12-13,19-20H2,1-2H3. The number of hydrogen-bond acceptors (Lipinski definition) is 3. The summed E-state index contributed by atoms with van der Waals surface area (Å²) in [6, 6.07) is 17.4. The van der Waals surface area contributed by atoms with Crippen LogP contribution in [0.4, 0.5) is 5.69 Å². The van der Waals surface area contributed by atoms with E-state index in [2.05, 4.69) is 18.7 Å². The number of guanidine groups is 1. The molecule has 1 amide bonds. The summed E-state index contributed by atoms with van der Waals surface area (Å²) < 4.78 is 0.